The maximum absolute atomic E-state index is 12.4. The highest BCUT2D eigenvalue weighted by atomic mass is 19.4. The van der Waals surface area contributed by atoms with Crippen LogP contribution < -0.4 is 10.6 Å². The van der Waals surface area contributed by atoms with E-state index in [1.165, 1.54) is 0 Å². The van der Waals surface area contributed by atoms with Crippen LogP contribution in [0.25, 0.3) is 0 Å². The maximum atomic E-state index is 12.4. The molecule has 72 valence electrons. The summed E-state index contributed by atoms with van der Waals surface area (Å²) in [6.45, 7) is 3.39. The molecule has 1 rings (SSSR count). The highest BCUT2D eigenvalue weighted by Crippen LogP contribution is 2.33. The monoisotopic (exact) mass is 182 g/mol. The van der Waals surface area contributed by atoms with E-state index in [4.69, 9.17) is 0 Å². The Kier molecular flexibility index (Phi) is 2.35. The van der Waals surface area contributed by atoms with Gasteiger partial charge in [0.05, 0.1) is 0 Å². The van der Waals surface area contributed by atoms with Gasteiger partial charge in [0.25, 0.3) is 0 Å². The van der Waals surface area contributed by atoms with E-state index >= 15 is 0 Å². The van der Waals surface area contributed by atoms with E-state index < -0.39 is 11.7 Å². The van der Waals surface area contributed by atoms with E-state index in [0.717, 1.165) is 0 Å². The fraction of sp³-hybridized carbons (Fsp3) is 1.00. The summed E-state index contributed by atoms with van der Waals surface area (Å²) in [5, 5.41) is 5.18. The van der Waals surface area contributed by atoms with Crippen LogP contribution in [0.1, 0.15) is 13.8 Å². The molecule has 0 bridgehead atoms. The second-order valence-electron chi connectivity index (χ2n) is 3.48. The SMILES string of the molecule is CC(C)NC1(C(F)(F)F)CNC1. The van der Waals surface area contributed by atoms with Gasteiger partial charge < -0.3 is 5.32 Å². The summed E-state index contributed by atoms with van der Waals surface area (Å²) in [5.41, 5.74) is -1.68. The number of hydrogen-bond donors (Lipinski definition) is 2. The van der Waals surface area contributed by atoms with Gasteiger partial charge in [-0.05, 0) is 0 Å². The number of halogens is 3. The zero-order valence-corrected chi connectivity index (χ0v) is 7.13. The lowest BCUT2D eigenvalue weighted by Crippen LogP contribution is -2.76. The van der Waals surface area contributed by atoms with E-state index in [2.05, 4.69) is 10.6 Å². The third-order valence-electron chi connectivity index (χ3n) is 1.96. The van der Waals surface area contributed by atoms with Crippen LogP contribution in [-0.2, 0) is 0 Å². The molecule has 5 heteroatoms. The Bertz CT molecular complexity index is 161. The Morgan fingerprint density at radius 1 is 1.33 bits per heavy atom. The van der Waals surface area contributed by atoms with Crippen molar-refractivity contribution in [1.29, 1.82) is 0 Å². The fourth-order valence-corrected chi connectivity index (χ4v) is 1.31. The minimum Gasteiger partial charge on any atom is -0.312 e. The van der Waals surface area contributed by atoms with Gasteiger partial charge in [-0.2, -0.15) is 13.2 Å². The number of alkyl halides is 3. The van der Waals surface area contributed by atoms with Crippen LogP contribution in [0.3, 0.4) is 0 Å². The zero-order valence-electron chi connectivity index (χ0n) is 7.13. The summed E-state index contributed by atoms with van der Waals surface area (Å²) in [5.74, 6) is 0. The van der Waals surface area contributed by atoms with Gasteiger partial charge in [-0.1, -0.05) is 13.8 Å². The first kappa shape index (κ1) is 9.80. The van der Waals surface area contributed by atoms with Crippen LogP contribution in [-0.4, -0.2) is 30.8 Å². The highest BCUT2D eigenvalue weighted by Gasteiger charge is 2.58. The highest BCUT2D eigenvalue weighted by molar-refractivity contribution is 5.06. The molecule has 1 aliphatic rings. The Balaban J connectivity index is 2.63. The van der Waals surface area contributed by atoms with Crippen molar-refractivity contribution >= 4 is 0 Å². The minimum atomic E-state index is -4.15. The van der Waals surface area contributed by atoms with Gasteiger partial charge in [0.15, 0.2) is 0 Å². The van der Waals surface area contributed by atoms with Gasteiger partial charge in [0.2, 0.25) is 0 Å². The zero-order chi connectivity index (χ0) is 9.41. The Morgan fingerprint density at radius 3 is 1.92 bits per heavy atom. The Labute approximate surface area is 69.5 Å². The average Bonchev–Trinajstić information content (AvgIpc) is 1.74. The molecule has 0 spiro atoms. The van der Waals surface area contributed by atoms with Crippen LogP contribution in [0.2, 0.25) is 0 Å². The number of hydrogen-bond acceptors (Lipinski definition) is 2. The molecule has 0 unspecified atom stereocenters. The molecule has 0 aromatic heterocycles. The molecule has 1 fully saturated rings. The molecule has 0 saturated carbocycles. The van der Waals surface area contributed by atoms with Gasteiger partial charge >= 0.3 is 6.18 Å². The normalized spacial score (nSPS) is 22.5. The van der Waals surface area contributed by atoms with Crippen molar-refractivity contribution in [3.05, 3.63) is 0 Å². The lowest BCUT2D eigenvalue weighted by atomic mass is 9.91. The fourth-order valence-electron chi connectivity index (χ4n) is 1.31. The smallest absolute Gasteiger partial charge is 0.312 e. The van der Waals surface area contributed by atoms with E-state index in [1.54, 1.807) is 13.8 Å². The molecule has 2 nitrogen and oxygen atoms in total. The van der Waals surface area contributed by atoms with Crippen molar-refractivity contribution in [2.24, 2.45) is 0 Å². The number of rotatable bonds is 2. The molecule has 1 saturated heterocycles. The first-order valence-corrected chi connectivity index (χ1v) is 3.92. The first-order chi connectivity index (χ1) is 5.37. The summed E-state index contributed by atoms with van der Waals surface area (Å²) in [7, 11) is 0. The average molecular weight is 182 g/mol. The summed E-state index contributed by atoms with van der Waals surface area (Å²) in [4.78, 5) is 0. The molecule has 1 heterocycles. The minimum absolute atomic E-state index is 0.0192. The van der Waals surface area contributed by atoms with Crippen molar-refractivity contribution in [1.82, 2.24) is 10.6 Å². The predicted octanol–water partition coefficient (Wildman–Crippen LogP) is 0.889. The van der Waals surface area contributed by atoms with Crippen LogP contribution >= 0.6 is 0 Å². The summed E-state index contributed by atoms with van der Waals surface area (Å²) < 4.78 is 37.2. The largest absolute Gasteiger partial charge is 0.409 e. The quantitative estimate of drug-likeness (QED) is 0.662. The lowest BCUT2D eigenvalue weighted by Gasteiger charge is -2.45. The molecule has 0 aromatic carbocycles. The molecule has 0 aromatic rings. The molecule has 2 N–H and O–H groups in total. The second kappa shape index (κ2) is 2.88. The van der Waals surface area contributed by atoms with Gasteiger partial charge in [-0.3, -0.25) is 5.32 Å². The topological polar surface area (TPSA) is 24.1 Å². The van der Waals surface area contributed by atoms with Crippen molar-refractivity contribution in [2.75, 3.05) is 13.1 Å². The molecule has 0 atom stereocenters. The van der Waals surface area contributed by atoms with E-state index in [-0.39, 0.29) is 19.1 Å². The lowest BCUT2D eigenvalue weighted by molar-refractivity contribution is -0.211. The molecule has 12 heavy (non-hydrogen) atoms. The molecular formula is C7H13F3N2. The maximum Gasteiger partial charge on any atom is 0.409 e. The van der Waals surface area contributed by atoms with Crippen LogP contribution in [0.5, 0.6) is 0 Å². The third kappa shape index (κ3) is 1.56. The van der Waals surface area contributed by atoms with Gasteiger partial charge in [-0.25, -0.2) is 0 Å². The molecular weight excluding hydrogens is 169 g/mol. The van der Waals surface area contributed by atoms with Gasteiger partial charge in [0.1, 0.15) is 5.54 Å². The van der Waals surface area contributed by atoms with Crippen molar-refractivity contribution in [3.63, 3.8) is 0 Å². The van der Waals surface area contributed by atoms with Crippen LogP contribution in [0.4, 0.5) is 13.2 Å². The second-order valence-corrected chi connectivity index (χ2v) is 3.48. The van der Waals surface area contributed by atoms with E-state index in [9.17, 15) is 13.2 Å². The molecule has 0 radical (unpaired) electrons. The van der Waals surface area contributed by atoms with Crippen molar-refractivity contribution < 1.29 is 13.2 Å². The van der Waals surface area contributed by atoms with E-state index in [1.807, 2.05) is 0 Å². The van der Waals surface area contributed by atoms with Crippen molar-refractivity contribution in [2.45, 2.75) is 31.6 Å². The van der Waals surface area contributed by atoms with Gasteiger partial charge in [-0.15, -0.1) is 0 Å². The van der Waals surface area contributed by atoms with Gasteiger partial charge in [0, 0.05) is 19.1 Å². The third-order valence-corrected chi connectivity index (χ3v) is 1.96. The van der Waals surface area contributed by atoms with Crippen molar-refractivity contribution in [3.8, 4) is 0 Å². The number of nitrogens with one attached hydrogen (secondary N) is 2. The van der Waals surface area contributed by atoms with Crippen LogP contribution in [0.15, 0.2) is 0 Å². The van der Waals surface area contributed by atoms with Crippen LogP contribution in [0, 0.1) is 0 Å². The Morgan fingerprint density at radius 2 is 1.83 bits per heavy atom. The molecule has 1 aliphatic heterocycles. The summed E-state index contributed by atoms with van der Waals surface area (Å²) in [6, 6.07) is -0.145. The standard InChI is InChI=1S/C7H13F3N2/c1-5(2)12-6(3-11-4-6)7(8,9)10/h5,11-12H,3-4H2,1-2H3. The first-order valence-electron chi connectivity index (χ1n) is 3.92. The molecule has 0 amide bonds. The Hall–Kier alpha value is -0.290. The molecule has 0 aliphatic carbocycles. The summed E-state index contributed by atoms with van der Waals surface area (Å²) in [6.07, 6.45) is -4.15. The predicted molar refractivity (Wildman–Crippen MR) is 39.9 cm³/mol. The summed E-state index contributed by atoms with van der Waals surface area (Å²) >= 11 is 0. The van der Waals surface area contributed by atoms with E-state index in [0.29, 0.717) is 0 Å².